The molecule has 1 amide bonds. The van der Waals surface area contributed by atoms with Crippen molar-refractivity contribution >= 4 is 27.5 Å². The van der Waals surface area contributed by atoms with Crippen LogP contribution in [0.1, 0.15) is 62.4 Å². The molecule has 10 heteroatoms. The minimum atomic E-state index is -3.55. The zero-order chi connectivity index (χ0) is 21.9. The molecule has 1 aliphatic rings. The first kappa shape index (κ1) is 21.9. The molecule has 0 unspecified atom stereocenters. The Bertz CT molecular complexity index is 1010. The predicted molar refractivity (Wildman–Crippen MR) is 110 cm³/mol. The van der Waals surface area contributed by atoms with Crippen LogP contribution in [0.4, 0.5) is 5.82 Å². The zero-order valence-corrected chi connectivity index (χ0v) is 17.8. The smallest absolute Gasteiger partial charge is 0.337 e. The van der Waals surface area contributed by atoms with Crippen LogP contribution in [0.15, 0.2) is 35.9 Å². The predicted octanol–water partition coefficient (Wildman–Crippen LogP) is 2.92. The van der Waals surface area contributed by atoms with Gasteiger partial charge in [0.25, 0.3) is 0 Å². The van der Waals surface area contributed by atoms with Crippen molar-refractivity contribution in [2.75, 3.05) is 5.32 Å². The number of carbonyl (C=O) groups is 2. The molecular formula is C20H26N4O5S. The molecule has 2 aromatic heterocycles. The summed E-state index contributed by atoms with van der Waals surface area (Å²) in [6.45, 7) is 3.17. The second kappa shape index (κ2) is 8.95. The van der Waals surface area contributed by atoms with Crippen LogP contribution in [0.25, 0.3) is 0 Å². The topological polar surface area (TPSA) is 131 Å². The van der Waals surface area contributed by atoms with E-state index in [9.17, 15) is 18.0 Å². The van der Waals surface area contributed by atoms with Crippen molar-refractivity contribution in [3.8, 4) is 0 Å². The van der Waals surface area contributed by atoms with Gasteiger partial charge in [-0.05, 0) is 38.3 Å². The van der Waals surface area contributed by atoms with Crippen LogP contribution < -0.4 is 5.32 Å². The number of aromatic carboxylic acids is 1. The molecule has 0 radical (unpaired) electrons. The summed E-state index contributed by atoms with van der Waals surface area (Å²) in [5.74, 6) is -0.840. The lowest BCUT2D eigenvalue weighted by molar-refractivity contribution is -0.119. The van der Waals surface area contributed by atoms with Crippen LogP contribution in [0.3, 0.4) is 0 Å². The fraction of sp³-hybridized carbons (Fsp3) is 0.500. The molecule has 3 rings (SSSR count). The summed E-state index contributed by atoms with van der Waals surface area (Å²) in [7, 11) is -3.55. The number of sulfone groups is 1. The molecule has 2 aromatic rings. The van der Waals surface area contributed by atoms with Gasteiger partial charge in [0.15, 0.2) is 14.9 Å². The zero-order valence-electron chi connectivity index (χ0n) is 17.0. The maximum Gasteiger partial charge on any atom is 0.337 e. The van der Waals surface area contributed by atoms with Gasteiger partial charge in [-0.1, -0.05) is 25.7 Å². The largest absolute Gasteiger partial charge is 0.478 e. The van der Waals surface area contributed by atoms with Crippen LogP contribution in [0.5, 0.6) is 0 Å². The number of nitrogens with zero attached hydrogens (tertiary/aromatic N) is 3. The van der Waals surface area contributed by atoms with Gasteiger partial charge < -0.3 is 15.0 Å². The quantitative estimate of drug-likeness (QED) is 0.653. The van der Waals surface area contributed by atoms with Gasteiger partial charge in [-0.2, -0.15) is 0 Å². The van der Waals surface area contributed by atoms with Gasteiger partial charge in [-0.25, -0.2) is 23.2 Å². The number of carboxylic acid groups (broad SMARTS) is 1. The van der Waals surface area contributed by atoms with E-state index in [-0.39, 0.29) is 22.3 Å². The van der Waals surface area contributed by atoms with Gasteiger partial charge in [-0.3, -0.25) is 4.79 Å². The standard InChI is InChI=1S/C20H26N4O5S/c1-13(2)30(28,29)18-11-24(12-22-18)16(9-14-5-3-4-6-14)19(25)23-17-8-7-15(10-21-17)20(26)27/h7-8,10-14,16H,3-6,9H2,1-2H3,(H,26,27)(H,21,23,25)/t16-/m0/s1. The first-order valence-corrected chi connectivity index (χ1v) is 11.5. The first-order chi connectivity index (χ1) is 14.2. The number of rotatable bonds is 8. The summed E-state index contributed by atoms with van der Waals surface area (Å²) in [6.07, 6.45) is 8.83. The average molecular weight is 435 g/mol. The molecule has 1 saturated carbocycles. The number of pyridine rings is 1. The summed E-state index contributed by atoms with van der Waals surface area (Å²) in [4.78, 5) is 32.0. The highest BCUT2D eigenvalue weighted by atomic mass is 32.2. The third-order valence-corrected chi connectivity index (χ3v) is 7.48. The monoisotopic (exact) mass is 434 g/mol. The van der Waals surface area contributed by atoms with E-state index in [0.717, 1.165) is 25.7 Å². The number of carbonyl (C=O) groups excluding carboxylic acids is 1. The fourth-order valence-corrected chi connectivity index (χ4v) is 4.55. The van der Waals surface area contributed by atoms with E-state index in [2.05, 4.69) is 15.3 Å². The molecule has 9 nitrogen and oxygen atoms in total. The Morgan fingerprint density at radius 1 is 1.23 bits per heavy atom. The maximum absolute atomic E-state index is 13.0. The van der Waals surface area contributed by atoms with E-state index in [0.29, 0.717) is 12.3 Å². The molecule has 0 aliphatic heterocycles. The molecule has 30 heavy (non-hydrogen) atoms. The summed E-state index contributed by atoms with van der Waals surface area (Å²) in [6, 6.07) is 2.15. The van der Waals surface area contributed by atoms with E-state index >= 15 is 0 Å². The van der Waals surface area contributed by atoms with E-state index in [1.165, 1.54) is 30.9 Å². The SMILES string of the molecule is CC(C)S(=O)(=O)c1cn([C@@H](CC2CCCC2)C(=O)Nc2ccc(C(=O)O)cn2)cn1. The van der Waals surface area contributed by atoms with Crippen LogP contribution in [-0.4, -0.2) is 45.2 Å². The Hall–Kier alpha value is -2.75. The molecule has 1 fully saturated rings. The second-order valence-corrected chi connectivity index (χ2v) is 10.3. The van der Waals surface area contributed by atoms with Crippen molar-refractivity contribution in [2.24, 2.45) is 5.92 Å². The average Bonchev–Trinajstić information content (AvgIpc) is 3.38. The van der Waals surface area contributed by atoms with E-state index in [1.807, 2.05) is 0 Å². The molecule has 1 atom stereocenters. The molecular weight excluding hydrogens is 408 g/mol. The lowest BCUT2D eigenvalue weighted by Gasteiger charge is -2.21. The van der Waals surface area contributed by atoms with Gasteiger partial charge in [-0.15, -0.1) is 0 Å². The van der Waals surface area contributed by atoms with Crippen molar-refractivity contribution in [3.63, 3.8) is 0 Å². The molecule has 1 aliphatic carbocycles. The number of imidazole rings is 1. The van der Waals surface area contributed by atoms with Crippen molar-refractivity contribution < 1.29 is 23.1 Å². The third kappa shape index (κ3) is 4.86. The number of anilines is 1. The van der Waals surface area contributed by atoms with Gasteiger partial charge in [0, 0.05) is 12.4 Å². The number of amides is 1. The normalized spacial score (nSPS) is 16.0. The third-order valence-electron chi connectivity index (χ3n) is 5.45. The van der Waals surface area contributed by atoms with E-state index in [4.69, 9.17) is 5.11 Å². The number of hydrogen-bond acceptors (Lipinski definition) is 6. The molecule has 0 spiro atoms. The number of aromatic nitrogens is 3. The summed E-state index contributed by atoms with van der Waals surface area (Å²) >= 11 is 0. The highest BCUT2D eigenvalue weighted by molar-refractivity contribution is 7.91. The number of carboxylic acids is 1. The molecule has 0 bridgehead atoms. The Labute approximate surface area is 175 Å². The highest BCUT2D eigenvalue weighted by Gasteiger charge is 2.29. The van der Waals surface area contributed by atoms with Crippen molar-refractivity contribution in [1.29, 1.82) is 0 Å². The Morgan fingerprint density at radius 3 is 2.50 bits per heavy atom. The Kier molecular flexibility index (Phi) is 6.55. The van der Waals surface area contributed by atoms with Crippen LogP contribution >= 0.6 is 0 Å². The van der Waals surface area contributed by atoms with Gasteiger partial charge in [0.05, 0.1) is 17.1 Å². The molecule has 2 heterocycles. The number of hydrogen-bond donors (Lipinski definition) is 2. The van der Waals surface area contributed by atoms with Crippen molar-refractivity contribution in [2.45, 2.75) is 62.3 Å². The van der Waals surface area contributed by atoms with Crippen LogP contribution in [0.2, 0.25) is 0 Å². The fourth-order valence-electron chi connectivity index (χ4n) is 3.61. The highest BCUT2D eigenvalue weighted by Crippen LogP contribution is 2.33. The van der Waals surface area contributed by atoms with E-state index in [1.54, 1.807) is 18.4 Å². The molecule has 162 valence electrons. The summed E-state index contributed by atoms with van der Waals surface area (Å²) in [5, 5.41) is 11.0. The van der Waals surface area contributed by atoms with Crippen molar-refractivity contribution in [1.82, 2.24) is 14.5 Å². The second-order valence-electron chi connectivity index (χ2n) is 7.88. The van der Waals surface area contributed by atoms with Gasteiger partial charge in [0.2, 0.25) is 5.91 Å². The van der Waals surface area contributed by atoms with Crippen molar-refractivity contribution in [3.05, 3.63) is 36.4 Å². The summed E-state index contributed by atoms with van der Waals surface area (Å²) in [5.41, 5.74) is 0.0219. The number of nitrogens with one attached hydrogen (secondary N) is 1. The molecule has 2 N–H and O–H groups in total. The first-order valence-electron chi connectivity index (χ1n) is 9.96. The molecule has 0 aromatic carbocycles. The molecule has 0 saturated heterocycles. The lowest BCUT2D eigenvalue weighted by atomic mass is 9.97. The maximum atomic E-state index is 13.0. The Morgan fingerprint density at radius 2 is 1.93 bits per heavy atom. The van der Waals surface area contributed by atoms with Crippen LogP contribution in [-0.2, 0) is 14.6 Å². The minimum Gasteiger partial charge on any atom is -0.478 e. The van der Waals surface area contributed by atoms with Crippen LogP contribution in [0, 0.1) is 5.92 Å². The Balaban J connectivity index is 1.84. The minimum absolute atomic E-state index is 0.0219. The van der Waals surface area contributed by atoms with E-state index < -0.39 is 27.1 Å². The lowest BCUT2D eigenvalue weighted by Crippen LogP contribution is -2.27. The summed E-state index contributed by atoms with van der Waals surface area (Å²) < 4.78 is 26.4. The van der Waals surface area contributed by atoms with Gasteiger partial charge >= 0.3 is 5.97 Å². The van der Waals surface area contributed by atoms with Gasteiger partial charge in [0.1, 0.15) is 11.9 Å².